The average Bonchev–Trinajstić information content (AvgIpc) is 2.77. The van der Waals surface area contributed by atoms with Crippen molar-refractivity contribution in [2.75, 3.05) is 11.9 Å². The maximum atomic E-state index is 6.05. The predicted octanol–water partition coefficient (Wildman–Crippen LogP) is 7.63. The van der Waals surface area contributed by atoms with Gasteiger partial charge in [0.2, 0.25) is 0 Å². The van der Waals surface area contributed by atoms with E-state index in [1.807, 2.05) is 42.5 Å². The molecule has 0 unspecified atom stereocenters. The minimum Gasteiger partial charge on any atom is -0.369 e. The number of unbranched alkanes of at least 4 members (excludes halogenated alkanes) is 6. The van der Waals surface area contributed by atoms with Crippen molar-refractivity contribution in [3.8, 4) is 22.4 Å². The van der Waals surface area contributed by atoms with E-state index in [0.29, 0.717) is 0 Å². The minimum absolute atomic E-state index is 0.718. The molecule has 3 aromatic rings. The third kappa shape index (κ3) is 6.57. The van der Waals surface area contributed by atoms with Crippen molar-refractivity contribution >= 4 is 17.4 Å². The van der Waals surface area contributed by atoms with Crippen molar-refractivity contribution in [2.45, 2.75) is 51.9 Å². The highest BCUT2D eigenvalue weighted by atomic mass is 35.5. The molecule has 0 radical (unpaired) electrons. The summed E-state index contributed by atoms with van der Waals surface area (Å²) >= 11 is 6.05. The van der Waals surface area contributed by atoms with Gasteiger partial charge in [-0.25, -0.2) is 0 Å². The Labute approximate surface area is 179 Å². The number of aromatic nitrogens is 2. The maximum Gasteiger partial charge on any atom is 0.149 e. The molecular formula is C25H30ClN3. The fourth-order valence-corrected chi connectivity index (χ4v) is 3.56. The fourth-order valence-electron chi connectivity index (χ4n) is 3.44. The number of anilines is 1. The number of nitrogens with one attached hydrogen (secondary N) is 1. The smallest absolute Gasteiger partial charge is 0.149 e. The first-order chi connectivity index (χ1) is 14.3. The molecule has 0 saturated heterocycles. The molecular weight excluding hydrogens is 378 g/mol. The summed E-state index contributed by atoms with van der Waals surface area (Å²) in [4.78, 5) is 0. The number of halogens is 1. The summed E-state index contributed by atoms with van der Waals surface area (Å²) in [7, 11) is 0. The Morgan fingerprint density at radius 1 is 0.759 bits per heavy atom. The van der Waals surface area contributed by atoms with E-state index in [2.05, 4.69) is 40.6 Å². The van der Waals surface area contributed by atoms with Gasteiger partial charge in [-0.2, -0.15) is 0 Å². The van der Waals surface area contributed by atoms with Crippen LogP contribution in [0.15, 0.2) is 60.7 Å². The van der Waals surface area contributed by atoms with Crippen molar-refractivity contribution in [1.82, 2.24) is 10.2 Å². The van der Waals surface area contributed by atoms with Gasteiger partial charge in [-0.05, 0) is 30.2 Å². The highest BCUT2D eigenvalue weighted by molar-refractivity contribution is 6.30. The molecule has 4 heteroatoms. The van der Waals surface area contributed by atoms with Crippen LogP contribution in [0.2, 0.25) is 5.02 Å². The van der Waals surface area contributed by atoms with Crippen molar-refractivity contribution < 1.29 is 0 Å². The molecule has 29 heavy (non-hydrogen) atoms. The zero-order valence-corrected chi connectivity index (χ0v) is 18.0. The lowest BCUT2D eigenvalue weighted by Crippen LogP contribution is -2.05. The van der Waals surface area contributed by atoms with Crippen molar-refractivity contribution in [3.63, 3.8) is 0 Å². The molecule has 0 bridgehead atoms. The molecule has 1 N–H and O–H groups in total. The Morgan fingerprint density at radius 2 is 1.45 bits per heavy atom. The van der Waals surface area contributed by atoms with Gasteiger partial charge in [-0.1, -0.05) is 99.5 Å². The molecule has 0 amide bonds. The summed E-state index contributed by atoms with van der Waals surface area (Å²) in [6.45, 7) is 3.18. The molecule has 3 rings (SSSR count). The first-order valence-corrected chi connectivity index (χ1v) is 11.1. The SMILES string of the molecule is CCCCCCCCCNc1cc(-c2ccccc2)c(-c2ccc(Cl)cc2)nn1. The minimum atomic E-state index is 0.718. The second kappa shape index (κ2) is 11.6. The largest absolute Gasteiger partial charge is 0.369 e. The molecule has 0 aliphatic heterocycles. The lowest BCUT2D eigenvalue weighted by Gasteiger charge is -2.12. The van der Waals surface area contributed by atoms with Crippen LogP contribution in [0.3, 0.4) is 0 Å². The summed E-state index contributed by atoms with van der Waals surface area (Å²) in [6.07, 6.45) is 9.11. The van der Waals surface area contributed by atoms with Gasteiger partial charge in [-0.3, -0.25) is 0 Å². The van der Waals surface area contributed by atoms with Crippen molar-refractivity contribution in [2.24, 2.45) is 0 Å². The summed E-state index contributed by atoms with van der Waals surface area (Å²) in [6, 6.07) is 20.2. The molecule has 0 spiro atoms. The third-order valence-corrected chi connectivity index (χ3v) is 5.33. The summed E-state index contributed by atoms with van der Waals surface area (Å²) < 4.78 is 0. The number of hydrogen-bond acceptors (Lipinski definition) is 3. The summed E-state index contributed by atoms with van der Waals surface area (Å²) in [5.74, 6) is 0.826. The van der Waals surface area contributed by atoms with Gasteiger partial charge < -0.3 is 5.32 Å². The number of benzene rings is 2. The Kier molecular flexibility index (Phi) is 8.51. The van der Waals surface area contributed by atoms with Gasteiger partial charge in [0.25, 0.3) is 0 Å². The van der Waals surface area contributed by atoms with Crippen LogP contribution < -0.4 is 5.32 Å². The molecule has 0 saturated carbocycles. The lowest BCUT2D eigenvalue weighted by molar-refractivity contribution is 0.596. The van der Waals surface area contributed by atoms with E-state index in [1.54, 1.807) is 0 Å². The summed E-state index contributed by atoms with van der Waals surface area (Å²) in [5.41, 5.74) is 4.09. The Balaban J connectivity index is 1.68. The Morgan fingerprint density at radius 3 is 2.17 bits per heavy atom. The monoisotopic (exact) mass is 407 g/mol. The molecule has 1 heterocycles. The van der Waals surface area contributed by atoms with E-state index >= 15 is 0 Å². The van der Waals surface area contributed by atoms with Crippen molar-refractivity contribution in [1.29, 1.82) is 0 Å². The van der Waals surface area contributed by atoms with Gasteiger partial charge in [-0.15, -0.1) is 10.2 Å². The van der Waals surface area contributed by atoms with Crippen molar-refractivity contribution in [3.05, 3.63) is 65.7 Å². The standard InChI is InChI=1S/C25H30ClN3/c1-2-3-4-5-6-7-11-18-27-24-19-23(20-12-9-8-10-13-20)25(29-28-24)21-14-16-22(26)17-15-21/h8-10,12-17,19H,2-7,11,18H2,1H3,(H,27,28). The molecule has 0 fully saturated rings. The number of nitrogens with zero attached hydrogens (tertiary/aromatic N) is 2. The van der Waals surface area contributed by atoms with Gasteiger partial charge in [0, 0.05) is 22.7 Å². The van der Waals surface area contributed by atoms with Crippen LogP contribution in [0.4, 0.5) is 5.82 Å². The average molecular weight is 408 g/mol. The van der Waals surface area contributed by atoms with E-state index in [0.717, 1.165) is 46.2 Å². The molecule has 0 atom stereocenters. The van der Waals surface area contributed by atoms with Crippen LogP contribution in [-0.2, 0) is 0 Å². The third-order valence-electron chi connectivity index (χ3n) is 5.08. The van der Waals surface area contributed by atoms with Crippen LogP contribution in [0.25, 0.3) is 22.4 Å². The highest BCUT2D eigenvalue weighted by Gasteiger charge is 2.11. The lowest BCUT2D eigenvalue weighted by atomic mass is 10.00. The molecule has 0 aliphatic carbocycles. The first-order valence-electron chi connectivity index (χ1n) is 10.7. The van der Waals surface area contributed by atoms with Crippen LogP contribution in [0.1, 0.15) is 51.9 Å². The number of hydrogen-bond donors (Lipinski definition) is 1. The topological polar surface area (TPSA) is 37.8 Å². The van der Waals surface area contributed by atoms with E-state index in [9.17, 15) is 0 Å². The second-order valence-electron chi connectivity index (χ2n) is 7.41. The first kappa shape index (κ1) is 21.3. The predicted molar refractivity (Wildman–Crippen MR) is 124 cm³/mol. The zero-order valence-electron chi connectivity index (χ0n) is 17.2. The van der Waals surface area contributed by atoms with Gasteiger partial charge in [0.05, 0.1) is 0 Å². The van der Waals surface area contributed by atoms with Gasteiger partial charge in [0.1, 0.15) is 11.5 Å². The van der Waals surface area contributed by atoms with Crippen LogP contribution in [-0.4, -0.2) is 16.7 Å². The van der Waals surface area contributed by atoms with Gasteiger partial charge >= 0.3 is 0 Å². The van der Waals surface area contributed by atoms with E-state index in [1.165, 1.54) is 38.5 Å². The fraction of sp³-hybridized carbons (Fsp3) is 0.360. The van der Waals surface area contributed by atoms with Crippen LogP contribution in [0, 0.1) is 0 Å². The van der Waals surface area contributed by atoms with Gasteiger partial charge in [0.15, 0.2) is 0 Å². The maximum absolute atomic E-state index is 6.05. The quantitative estimate of drug-likeness (QED) is 0.332. The molecule has 3 nitrogen and oxygen atoms in total. The summed E-state index contributed by atoms with van der Waals surface area (Å²) in [5, 5.41) is 13.1. The molecule has 2 aromatic carbocycles. The number of rotatable bonds is 11. The second-order valence-corrected chi connectivity index (χ2v) is 7.85. The zero-order chi connectivity index (χ0) is 20.3. The Bertz CT molecular complexity index is 863. The molecule has 152 valence electrons. The molecule has 0 aliphatic rings. The van der Waals surface area contributed by atoms with Crippen LogP contribution in [0.5, 0.6) is 0 Å². The van der Waals surface area contributed by atoms with E-state index in [4.69, 9.17) is 11.6 Å². The Hall–Kier alpha value is -2.39. The van der Waals surface area contributed by atoms with Crippen LogP contribution >= 0.6 is 11.6 Å². The van der Waals surface area contributed by atoms with E-state index in [-0.39, 0.29) is 0 Å². The molecule has 1 aromatic heterocycles. The highest BCUT2D eigenvalue weighted by Crippen LogP contribution is 2.32. The normalized spacial score (nSPS) is 10.8. The van der Waals surface area contributed by atoms with E-state index < -0.39 is 0 Å².